The average molecular weight is 362 g/mol. The molecule has 0 radical (unpaired) electrons. The number of carbonyl (C=O) groups excluding carboxylic acids is 3. The van der Waals surface area contributed by atoms with Gasteiger partial charge in [-0.1, -0.05) is 30.3 Å². The Morgan fingerprint density at radius 2 is 1.81 bits per heavy atom. The predicted octanol–water partition coefficient (Wildman–Crippen LogP) is 1.75. The summed E-state index contributed by atoms with van der Waals surface area (Å²) in [5.41, 5.74) is 0.268. The molecule has 1 heterocycles. The third-order valence-electron chi connectivity index (χ3n) is 4.00. The van der Waals surface area contributed by atoms with Gasteiger partial charge in [0, 0.05) is 19.5 Å². The lowest BCUT2D eigenvalue weighted by Crippen LogP contribution is -2.59. The van der Waals surface area contributed by atoms with Gasteiger partial charge in [-0.15, -0.1) is 0 Å². The van der Waals surface area contributed by atoms with Crippen LogP contribution < -0.4 is 5.32 Å². The van der Waals surface area contributed by atoms with E-state index < -0.39 is 17.7 Å². The Bertz CT molecular complexity index is 648. The van der Waals surface area contributed by atoms with Gasteiger partial charge >= 0.3 is 12.1 Å². The van der Waals surface area contributed by atoms with Gasteiger partial charge in [0.2, 0.25) is 5.91 Å². The van der Waals surface area contributed by atoms with Crippen molar-refractivity contribution in [3.05, 3.63) is 35.9 Å². The molecule has 0 aromatic heterocycles. The third kappa shape index (κ3) is 5.47. The number of nitrogens with one attached hydrogen (secondary N) is 1. The van der Waals surface area contributed by atoms with Crippen molar-refractivity contribution in [3.63, 3.8) is 0 Å². The number of methoxy groups -OCH3 is 1. The molecule has 2 amide bonds. The van der Waals surface area contributed by atoms with Gasteiger partial charge in [-0.2, -0.15) is 0 Å². The zero-order chi connectivity index (χ0) is 19.3. The molecule has 1 fully saturated rings. The lowest BCUT2D eigenvalue weighted by Gasteiger charge is -2.39. The van der Waals surface area contributed by atoms with Gasteiger partial charge in [-0.25, -0.2) is 4.79 Å². The molecule has 1 N–H and O–H groups in total. The van der Waals surface area contributed by atoms with E-state index in [0.29, 0.717) is 19.5 Å². The summed E-state index contributed by atoms with van der Waals surface area (Å²) in [6, 6.07) is 8.67. The molecular formula is C19H26N2O5. The standard InChI is InChI=1S/C19H26N2O5/c1-19(2,3)26-18(24)20-15(10-13-8-6-5-7-9-13)16(22)21-11-14(12-21)17(23)25-4/h5-9,14-15H,10-12H2,1-4H3,(H,20,24)/t15-/m0/s1. The number of ether oxygens (including phenoxy) is 2. The second-order valence-electron chi connectivity index (χ2n) is 7.35. The highest BCUT2D eigenvalue weighted by molar-refractivity contribution is 5.88. The zero-order valence-electron chi connectivity index (χ0n) is 15.7. The minimum atomic E-state index is -0.758. The van der Waals surface area contributed by atoms with E-state index in [4.69, 9.17) is 9.47 Å². The number of nitrogens with zero attached hydrogens (tertiary/aromatic N) is 1. The molecule has 7 heteroatoms. The Balaban J connectivity index is 2.04. The van der Waals surface area contributed by atoms with Gasteiger partial charge in [0.15, 0.2) is 0 Å². The summed E-state index contributed by atoms with van der Waals surface area (Å²) >= 11 is 0. The molecule has 1 aliphatic heterocycles. The first kappa shape index (κ1) is 19.8. The van der Waals surface area contributed by atoms with Crippen LogP contribution in [0.5, 0.6) is 0 Å². The maximum Gasteiger partial charge on any atom is 0.408 e. The van der Waals surface area contributed by atoms with Gasteiger partial charge in [0.05, 0.1) is 13.0 Å². The number of carbonyl (C=O) groups is 3. The Morgan fingerprint density at radius 3 is 2.35 bits per heavy atom. The van der Waals surface area contributed by atoms with Gasteiger partial charge in [-0.05, 0) is 26.3 Å². The lowest BCUT2D eigenvalue weighted by molar-refractivity contribution is -0.156. The Kier molecular flexibility index (Phi) is 6.23. The van der Waals surface area contributed by atoms with Crippen LogP contribution in [0.4, 0.5) is 4.79 Å². The number of esters is 1. The molecule has 1 aromatic rings. The highest BCUT2D eigenvalue weighted by Crippen LogP contribution is 2.19. The average Bonchev–Trinajstić information content (AvgIpc) is 2.51. The Morgan fingerprint density at radius 1 is 1.19 bits per heavy atom. The third-order valence-corrected chi connectivity index (χ3v) is 4.00. The Hall–Kier alpha value is -2.57. The molecule has 0 unspecified atom stereocenters. The normalized spacial score (nSPS) is 15.6. The van der Waals surface area contributed by atoms with Gasteiger partial charge in [0.1, 0.15) is 11.6 Å². The maximum absolute atomic E-state index is 12.8. The van der Waals surface area contributed by atoms with Gasteiger partial charge < -0.3 is 19.7 Å². The van der Waals surface area contributed by atoms with Crippen LogP contribution in [0.15, 0.2) is 30.3 Å². The molecule has 7 nitrogen and oxygen atoms in total. The molecule has 1 aliphatic rings. The van der Waals surface area contributed by atoms with E-state index in [0.717, 1.165) is 5.56 Å². The maximum atomic E-state index is 12.8. The van der Waals surface area contributed by atoms with E-state index in [-0.39, 0.29) is 17.8 Å². The molecule has 0 aliphatic carbocycles. The minimum Gasteiger partial charge on any atom is -0.469 e. The first-order chi connectivity index (χ1) is 12.2. The quantitative estimate of drug-likeness (QED) is 0.807. The fourth-order valence-corrected chi connectivity index (χ4v) is 2.69. The van der Waals surface area contributed by atoms with Gasteiger partial charge in [0.25, 0.3) is 0 Å². The predicted molar refractivity (Wildman–Crippen MR) is 95.4 cm³/mol. The summed E-state index contributed by atoms with van der Waals surface area (Å²) in [6.45, 7) is 5.88. The lowest BCUT2D eigenvalue weighted by atomic mass is 9.97. The summed E-state index contributed by atoms with van der Waals surface area (Å²) in [7, 11) is 1.33. The SMILES string of the molecule is COC(=O)C1CN(C(=O)[C@H](Cc2ccccc2)NC(=O)OC(C)(C)C)C1. The zero-order valence-corrected chi connectivity index (χ0v) is 15.7. The van der Waals surface area contributed by atoms with Crippen LogP contribution in [0.1, 0.15) is 26.3 Å². The molecule has 2 rings (SSSR count). The highest BCUT2D eigenvalue weighted by atomic mass is 16.6. The van der Waals surface area contributed by atoms with E-state index >= 15 is 0 Å². The second-order valence-corrected chi connectivity index (χ2v) is 7.35. The molecular weight excluding hydrogens is 336 g/mol. The van der Waals surface area contributed by atoms with Crippen LogP contribution in [0.2, 0.25) is 0 Å². The van der Waals surface area contributed by atoms with Crippen molar-refractivity contribution in [2.24, 2.45) is 5.92 Å². The summed E-state index contributed by atoms with van der Waals surface area (Å²) in [5, 5.41) is 2.66. The van der Waals surface area contributed by atoms with E-state index in [1.165, 1.54) is 7.11 Å². The molecule has 142 valence electrons. The van der Waals surface area contributed by atoms with E-state index in [2.05, 4.69) is 5.32 Å². The topological polar surface area (TPSA) is 84.9 Å². The molecule has 0 saturated carbocycles. The van der Waals surface area contributed by atoms with Crippen molar-refractivity contribution < 1.29 is 23.9 Å². The first-order valence-corrected chi connectivity index (χ1v) is 8.59. The second kappa shape index (κ2) is 8.21. The summed E-state index contributed by atoms with van der Waals surface area (Å²) in [6.07, 6.45) is -0.296. The summed E-state index contributed by atoms with van der Waals surface area (Å²) in [5.74, 6) is -0.864. The van der Waals surface area contributed by atoms with Gasteiger partial charge in [-0.3, -0.25) is 9.59 Å². The molecule has 0 bridgehead atoms. The number of hydrogen-bond donors (Lipinski definition) is 1. The fourth-order valence-electron chi connectivity index (χ4n) is 2.69. The number of alkyl carbamates (subject to hydrolysis) is 1. The van der Waals surface area contributed by atoms with Crippen LogP contribution in [-0.4, -0.2) is 54.7 Å². The monoisotopic (exact) mass is 362 g/mol. The molecule has 1 aromatic carbocycles. The number of likely N-dealkylation sites (tertiary alicyclic amines) is 1. The van der Waals surface area contributed by atoms with Crippen molar-refractivity contribution in [2.75, 3.05) is 20.2 Å². The fraction of sp³-hybridized carbons (Fsp3) is 0.526. The van der Waals surface area contributed by atoms with Crippen LogP contribution in [0.25, 0.3) is 0 Å². The van der Waals surface area contributed by atoms with Crippen molar-refractivity contribution in [1.29, 1.82) is 0 Å². The van der Waals surface area contributed by atoms with Crippen molar-refractivity contribution >= 4 is 18.0 Å². The largest absolute Gasteiger partial charge is 0.469 e. The first-order valence-electron chi connectivity index (χ1n) is 8.59. The van der Waals surface area contributed by atoms with E-state index in [1.54, 1.807) is 25.7 Å². The molecule has 1 atom stereocenters. The number of amides is 2. The Labute approximate surface area is 153 Å². The van der Waals surface area contributed by atoms with Crippen LogP contribution >= 0.6 is 0 Å². The van der Waals surface area contributed by atoms with Crippen LogP contribution in [0.3, 0.4) is 0 Å². The van der Waals surface area contributed by atoms with E-state index in [9.17, 15) is 14.4 Å². The smallest absolute Gasteiger partial charge is 0.408 e. The van der Waals surface area contributed by atoms with Crippen molar-refractivity contribution in [1.82, 2.24) is 10.2 Å². The number of rotatable bonds is 5. The minimum absolute atomic E-state index is 0.236. The molecule has 1 saturated heterocycles. The van der Waals surface area contributed by atoms with Crippen LogP contribution in [-0.2, 0) is 25.5 Å². The number of hydrogen-bond acceptors (Lipinski definition) is 5. The van der Waals surface area contributed by atoms with Crippen molar-refractivity contribution in [2.45, 2.75) is 38.8 Å². The number of benzene rings is 1. The highest BCUT2D eigenvalue weighted by Gasteiger charge is 2.39. The van der Waals surface area contributed by atoms with Crippen LogP contribution in [0, 0.1) is 5.92 Å². The van der Waals surface area contributed by atoms with Crippen molar-refractivity contribution in [3.8, 4) is 0 Å². The molecule has 26 heavy (non-hydrogen) atoms. The summed E-state index contributed by atoms with van der Waals surface area (Å²) in [4.78, 5) is 38.0. The summed E-state index contributed by atoms with van der Waals surface area (Å²) < 4.78 is 9.96. The van der Waals surface area contributed by atoms with E-state index in [1.807, 2.05) is 30.3 Å². The molecule has 0 spiro atoms.